The Balaban J connectivity index is 0. The van der Waals surface area contributed by atoms with Crippen LogP contribution in [0.25, 0.3) is 0 Å². The van der Waals surface area contributed by atoms with Crippen LogP contribution in [0.15, 0.2) is 0 Å². The maximum absolute atomic E-state index is 9.81. The summed E-state index contributed by atoms with van der Waals surface area (Å²) in [5, 5.41) is 14.1. The number of hydrogen-bond acceptors (Lipinski definition) is 3. The lowest BCUT2D eigenvalue weighted by Crippen LogP contribution is -2.28. The van der Waals surface area contributed by atoms with E-state index in [1.54, 1.807) is 6.92 Å². The fourth-order valence-electron chi connectivity index (χ4n) is 0.175. The van der Waals surface area contributed by atoms with E-state index in [0.717, 1.165) is 0 Å². The molecule has 0 radical (unpaired) electrons. The standard InChI is InChI=1S/C4H9NO2.CH5N3/c1-2-3(5)4(6)7;2-1(3)4/h3H,2,5H2,1H3,(H,6,7);(H5,2,3,4). The van der Waals surface area contributed by atoms with Crippen molar-refractivity contribution >= 4 is 11.9 Å². The first-order valence-corrected chi connectivity index (χ1v) is 2.99. The number of nitrogens with two attached hydrogens (primary N) is 3. The van der Waals surface area contributed by atoms with Crippen molar-refractivity contribution in [1.29, 1.82) is 5.41 Å². The monoisotopic (exact) mass is 162 g/mol. The number of carboxylic acids is 1. The Hall–Kier alpha value is -1.30. The number of aliphatic carboxylic acids is 1. The van der Waals surface area contributed by atoms with Crippen molar-refractivity contribution in [3.05, 3.63) is 0 Å². The van der Waals surface area contributed by atoms with Crippen molar-refractivity contribution in [2.75, 3.05) is 0 Å². The van der Waals surface area contributed by atoms with E-state index in [-0.39, 0.29) is 5.96 Å². The van der Waals surface area contributed by atoms with Gasteiger partial charge in [-0.05, 0) is 6.42 Å². The molecule has 1 unspecified atom stereocenters. The Morgan fingerprint density at radius 2 is 1.91 bits per heavy atom. The summed E-state index contributed by atoms with van der Waals surface area (Å²) in [5.74, 6) is -1.26. The average Bonchev–Trinajstić information content (AvgIpc) is 1.85. The van der Waals surface area contributed by atoms with Gasteiger partial charge in [-0.15, -0.1) is 0 Å². The molecule has 0 aliphatic carbocycles. The molecule has 0 saturated heterocycles. The zero-order chi connectivity index (χ0) is 9.44. The van der Waals surface area contributed by atoms with Gasteiger partial charge in [0.15, 0.2) is 5.96 Å². The second kappa shape index (κ2) is 6.81. The fraction of sp³-hybridized carbons (Fsp3) is 0.600. The lowest BCUT2D eigenvalue weighted by atomic mass is 10.2. The molecule has 0 aromatic heterocycles. The Morgan fingerprint density at radius 1 is 1.64 bits per heavy atom. The summed E-state index contributed by atoms with van der Waals surface area (Å²) in [7, 11) is 0. The minimum Gasteiger partial charge on any atom is -0.480 e. The van der Waals surface area contributed by atoms with Crippen molar-refractivity contribution in [2.45, 2.75) is 19.4 Å². The van der Waals surface area contributed by atoms with Gasteiger partial charge >= 0.3 is 5.97 Å². The van der Waals surface area contributed by atoms with E-state index in [2.05, 4.69) is 11.5 Å². The van der Waals surface area contributed by atoms with E-state index in [4.69, 9.17) is 16.2 Å². The van der Waals surface area contributed by atoms with Crippen LogP contribution in [0.5, 0.6) is 0 Å². The largest absolute Gasteiger partial charge is 0.480 e. The van der Waals surface area contributed by atoms with E-state index in [1.807, 2.05) is 0 Å². The van der Waals surface area contributed by atoms with Crippen molar-refractivity contribution in [3.63, 3.8) is 0 Å². The second-order valence-corrected chi connectivity index (χ2v) is 1.81. The van der Waals surface area contributed by atoms with Gasteiger partial charge in [-0.3, -0.25) is 10.2 Å². The van der Waals surface area contributed by atoms with Gasteiger partial charge in [-0.1, -0.05) is 6.92 Å². The molecule has 0 rings (SSSR count). The third-order valence-corrected chi connectivity index (χ3v) is 0.757. The van der Waals surface area contributed by atoms with Gasteiger partial charge in [0.1, 0.15) is 6.04 Å². The number of guanidine groups is 1. The molecule has 11 heavy (non-hydrogen) atoms. The average molecular weight is 162 g/mol. The molecule has 0 spiro atoms. The van der Waals surface area contributed by atoms with Gasteiger partial charge in [0.25, 0.3) is 0 Å². The topological polar surface area (TPSA) is 139 Å². The summed E-state index contributed by atoms with van der Waals surface area (Å²) >= 11 is 0. The summed E-state index contributed by atoms with van der Waals surface area (Å²) in [6.07, 6.45) is 0.495. The molecular formula is C5H14N4O2. The van der Waals surface area contributed by atoms with Crippen LogP contribution in [0.2, 0.25) is 0 Å². The van der Waals surface area contributed by atoms with Crippen LogP contribution >= 0.6 is 0 Å². The molecule has 8 N–H and O–H groups in total. The minimum atomic E-state index is -0.928. The van der Waals surface area contributed by atoms with Crippen LogP contribution in [0.3, 0.4) is 0 Å². The molecule has 0 fully saturated rings. The summed E-state index contributed by atoms with van der Waals surface area (Å²) < 4.78 is 0. The predicted molar refractivity (Wildman–Crippen MR) is 42.0 cm³/mol. The highest BCUT2D eigenvalue weighted by Gasteiger charge is 2.05. The fourth-order valence-corrected chi connectivity index (χ4v) is 0.175. The highest BCUT2D eigenvalue weighted by atomic mass is 16.4. The number of rotatable bonds is 2. The molecule has 6 heteroatoms. The molecule has 0 amide bonds. The number of hydrogen-bond donors (Lipinski definition) is 5. The molecule has 6 nitrogen and oxygen atoms in total. The summed E-state index contributed by atoms with van der Waals surface area (Å²) in [6.45, 7) is 1.73. The second-order valence-electron chi connectivity index (χ2n) is 1.81. The molecule has 66 valence electrons. The van der Waals surface area contributed by atoms with Crippen molar-refractivity contribution in [2.24, 2.45) is 17.2 Å². The van der Waals surface area contributed by atoms with Crippen LogP contribution in [0, 0.1) is 5.41 Å². The number of carbonyl (C=O) groups is 1. The zero-order valence-corrected chi connectivity index (χ0v) is 6.37. The molecule has 0 aromatic rings. The summed E-state index contributed by atoms with van der Waals surface area (Å²) in [6, 6.07) is -0.681. The van der Waals surface area contributed by atoms with Crippen molar-refractivity contribution in [1.82, 2.24) is 0 Å². The predicted octanol–water partition coefficient (Wildman–Crippen LogP) is -1.35. The molecule has 0 saturated carbocycles. The van der Waals surface area contributed by atoms with Gasteiger partial charge < -0.3 is 22.3 Å². The summed E-state index contributed by atoms with van der Waals surface area (Å²) in [5.41, 5.74) is 14.0. The Morgan fingerprint density at radius 3 is 1.91 bits per heavy atom. The lowest BCUT2D eigenvalue weighted by Gasteiger charge is -1.97. The Bertz CT molecular complexity index is 132. The van der Waals surface area contributed by atoms with Crippen molar-refractivity contribution < 1.29 is 9.90 Å². The molecule has 1 atom stereocenters. The first-order chi connectivity index (χ1) is 4.91. The first-order valence-electron chi connectivity index (χ1n) is 2.99. The maximum atomic E-state index is 9.81. The molecule has 0 heterocycles. The SMILES string of the molecule is CCC(N)C(=O)O.N=C(N)N. The lowest BCUT2D eigenvalue weighted by molar-refractivity contribution is -0.138. The van der Waals surface area contributed by atoms with E-state index < -0.39 is 12.0 Å². The molecule has 0 bridgehead atoms. The van der Waals surface area contributed by atoms with E-state index in [9.17, 15) is 4.79 Å². The smallest absolute Gasteiger partial charge is 0.320 e. The van der Waals surface area contributed by atoms with Crippen molar-refractivity contribution in [3.8, 4) is 0 Å². The number of nitrogens with one attached hydrogen (secondary N) is 1. The maximum Gasteiger partial charge on any atom is 0.320 e. The normalized spacial score (nSPS) is 10.7. The molecule has 0 aliphatic rings. The van der Waals surface area contributed by atoms with Crippen LogP contribution in [-0.4, -0.2) is 23.1 Å². The van der Waals surface area contributed by atoms with Crippen LogP contribution in [-0.2, 0) is 4.79 Å². The number of carboxylic acid groups (broad SMARTS) is 1. The van der Waals surface area contributed by atoms with Gasteiger partial charge in [0.2, 0.25) is 0 Å². The van der Waals surface area contributed by atoms with E-state index >= 15 is 0 Å². The first kappa shape index (κ1) is 12.4. The highest BCUT2D eigenvalue weighted by molar-refractivity contribution is 5.72. The van der Waals surface area contributed by atoms with Gasteiger partial charge in [-0.25, -0.2) is 0 Å². The molecule has 0 aliphatic heterocycles. The van der Waals surface area contributed by atoms with Gasteiger partial charge in [0, 0.05) is 0 Å². The molecule has 0 aromatic carbocycles. The van der Waals surface area contributed by atoms with Crippen LogP contribution in [0.4, 0.5) is 0 Å². The molecular weight excluding hydrogens is 148 g/mol. The minimum absolute atomic E-state index is 0.333. The van der Waals surface area contributed by atoms with Gasteiger partial charge in [-0.2, -0.15) is 0 Å². The Kier molecular flexibility index (Phi) is 7.67. The third kappa shape index (κ3) is 17.7. The van der Waals surface area contributed by atoms with E-state index in [1.165, 1.54) is 0 Å². The summed E-state index contributed by atoms with van der Waals surface area (Å²) in [4.78, 5) is 9.81. The van der Waals surface area contributed by atoms with Gasteiger partial charge in [0.05, 0.1) is 0 Å². The quantitative estimate of drug-likeness (QED) is 0.252. The zero-order valence-electron chi connectivity index (χ0n) is 6.37. The van der Waals surface area contributed by atoms with E-state index in [0.29, 0.717) is 6.42 Å². The van der Waals surface area contributed by atoms with Crippen LogP contribution in [0.1, 0.15) is 13.3 Å². The highest BCUT2D eigenvalue weighted by Crippen LogP contribution is 1.82. The van der Waals surface area contributed by atoms with Crippen LogP contribution < -0.4 is 17.2 Å². The Labute approximate surface area is 64.9 Å². The third-order valence-electron chi connectivity index (χ3n) is 0.757.